The van der Waals surface area contributed by atoms with E-state index in [1.165, 1.54) is 11.2 Å². The topological polar surface area (TPSA) is 88.3 Å². The van der Waals surface area contributed by atoms with Crippen molar-refractivity contribution in [3.05, 3.63) is 101 Å². The summed E-state index contributed by atoms with van der Waals surface area (Å²) in [5.41, 5.74) is 2.63. The van der Waals surface area contributed by atoms with Gasteiger partial charge in [0.1, 0.15) is 5.76 Å². The fourth-order valence-electron chi connectivity index (χ4n) is 3.24. The maximum Gasteiger partial charge on any atom is 0.280 e. The molecule has 0 aliphatic heterocycles. The summed E-state index contributed by atoms with van der Waals surface area (Å²) in [6.07, 6.45) is 1.48. The quantitative estimate of drug-likeness (QED) is 0.474. The SMILES string of the molecule is Cc1cccc(N(C(=O)c2csnn2)[C@@H](C(=O)NCc2ccccc2)c2ccco2)c1. The summed E-state index contributed by atoms with van der Waals surface area (Å²) in [4.78, 5) is 28.2. The highest BCUT2D eigenvalue weighted by molar-refractivity contribution is 7.03. The van der Waals surface area contributed by atoms with Crippen LogP contribution in [0.1, 0.15) is 33.4 Å². The monoisotopic (exact) mass is 432 g/mol. The third-order valence-electron chi connectivity index (χ3n) is 4.71. The maximum atomic E-state index is 13.4. The van der Waals surface area contributed by atoms with Crippen LogP contribution in [-0.2, 0) is 11.3 Å². The Morgan fingerprint density at radius 2 is 1.94 bits per heavy atom. The van der Waals surface area contributed by atoms with Crippen molar-refractivity contribution >= 4 is 29.0 Å². The number of rotatable bonds is 7. The number of nitrogens with zero attached hydrogens (tertiary/aromatic N) is 3. The van der Waals surface area contributed by atoms with E-state index in [0.29, 0.717) is 18.0 Å². The average molecular weight is 433 g/mol. The van der Waals surface area contributed by atoms with Gasteiger partial charge in [-0.05, 0) is 53.8 Å². The highest BCUT2D eigenvalue weighted by Gasteiger charge is 2.36. The van der Waals surface area contributed by atoms with E-state index >= 15 is 0 Å². The number of aryl methyl sites for hydroxylation is 1. The summed E-state index contributed by atoms with van der Waals surface area (Å²) < 4.78 is 9.38. The van der Waals surface area contributed by atoms with E-state index in [4.69, 9.17) is 4.42 Å². The van der Waals surface area contributed by atoms with Crippen molar-refractivity contribution in [2.24, 2.45) is 0 Å². The zero-order valence-electron chi connectivity index (χ0n) is 16.8. The molecule has 0 fully saturated rings. The Kier molecular flexibility index (Phi) is 6.18. The molecule has 2 aromatic heterocycles. The number of amides is 2. The molecule has 1 N–H and O–H groups in total. The minimum absolute atomic E-state index is 0.166. The Bertz CT molecular complexity index is 1140. The molecule has 2 amide bonds. The van der Waals surface area contributed by atoms with Crippen LogP contribution < -0.4 is 10.2 Å². The normalized spacial score (nSPS) is 11.6. The Hall–Kier alpha value is -3.78. The average Bonchev–Trinajstić information content (AvgIpc) is 3.50. The lowest BCUT2D eigenvalue weighted by molar-refractivity contribution is -0.123. The lowest BCUT2D eigenvalue weighted by Gasteiger charge is -2.29. The number of hydrogen-bond acceptors (Lipinski definition) is 6. The van der Waals surface area contributed by atoms with Gasteiger partial charge in [-0.2, -0.15) is 0 Å². The highest BCUT2D eigenvalue weighted by Crippen LogP contribution is 2.30. The van der Waals surface area contributed by atoms with Crippen LogP contribution in [0.25, 0.3) is 0 Å². The van der Waals surface area contributed by atoms with Gasteiger partial charge in [0.15, 0.2) is 11.7 Å². The molecule has 4 aromatic rings. The number of anilines is 1. The van der Waals surface area contributed by atoms with E-state index in [1.54, 1.807) is 23.6 Å². The zero-order chi connectivity index (χ0) is 21.6. The van der Waals surface area contributed by atoms with Gasteiger partial charge >= 0.3 is 0 Å². The Labute approximate surface area is 183 Å². The van der Waals surface area contributed by atoms with Crippen LogP contribution in [0.3, 0.4) is 0 Å². The smallest absolute Gasteiger partial charge is 0.280 e. The first-order chi connectivity index (χ1) is 15.1. The molecular formula is C23H20N4O3S. The van der Waals surface area contributed by atoms with Crippen molar-refractivity contribution < 1.29 is 14.0 Å². The second-order valence-corrected chi connectivity index (χ2v) is 7.54. The van der Waals surface area contributed by atoms with Crippen LogP contribution in [0.2, 0.25) is 0 Å². The predicted octanol–water partition coefficient (Wildman–Crippen LogP) is 4.14. The van der Waals surface area contributed by atoms with E-state index < -0.39 is 11.9 Å². The Balaban J connectivity index is 1.73. The minimum atomic E-state index is -1.02. The summed E-state index contributed by atoms with van der Waals surface area (Å²) in [5, 5.41) is 8.40. The van der Waals surface area contributed by atoms with Gasteiger partial charge in [0, 0.05) is 17.6 Å². The molecule has 0 radical (unpaired) electrons. The van der Waals surface area contributed by atoms with Crippen molar-refractivity contribution in [1.82, 2.24) is 14.9 Å². The number of benzene rings is 2. The summed E-state index contributed by atoms with van der Waals surface area (Å²) in [6, 6.07) is 19.3. The molecule has 2 heterocycles. The molecule has 0 aliphatic rings. The Morgan fingerprint density at radius 1 is 1.10 bits per heavy atom. The first-order valence-electron chi connectivity index (χ1n) is 9.66. The van der Waals surface area contributed by atoms with Crippen LogP contribution in [0.15, 0.2) is 82.8 Å². The Morgan fingerprint density at radius 3 is 2.61 bits per heavy atom. The molecule has 0 spiro atoms. The molecule has 0 aliphatic carbocycles. The number of carbonyl (C=O) groups is 2. The lowest BCUT2D eigenvalue weighted by atomic mass is 10.1. The van der Waals surface area contributed by atoms with Crippen LogP contribution in [-0.4, -0.2) is 21.4 Å². The van der Waals surface area contributed by atoms with Crippen molar-refractivity contribution in [3.63, 3.8) is 0 Å². The van der Waals surface area contributed by atoms with Crippen LogP contribution in [0.5, 0.6) is 0 Å². The predicted molar refractivity (Wildman–Crippen MR) is 118 cm³/mol. The molecule has 0 saturated carbocycles. The van der Waals surface area contributed by atoms with Crippen molar-refractivity contribution in [2.75, 3.05) is 4.90 Å². The number of furan rings is 1. The van der Waals surface area contributed by atoms with Gasteiger partial charge in [0.2, 0.25) is 0 Å². The molecule has 31 heavy (non-hydrogen) atoms. The van der Waals surface area contributed by atoms with Crippen molar-refractivity contribution in [3.8, 4) is 0 Å². The molecule has 0 saturated heterocycles. The molecule has 2 aromatic carbocycles. The summed E-state index contributed by atoms with van der Waals surface area (Å²) in [5.74, 6) is -0.448. The first-order valence-corrected chi connectivity index (χ1v) is 10.5. The molecular weight excluding hydrogens is 412 g/mol. The number of hydrogen-bond donors (Lipinski definition) is 1. The number of carbonyl (C=O) groups excluding carboxylic acids is 2. The van der Waals surface area contributed by atoms with E-state index in [0.717, 1.165) is 22.7 Å². The third-order valence-corrected chi connectivity index (χ3v) is 5.21. The van der Waals surface area contributed by atoms with Crippen molar-refractivity contribution in [2.45, 2.75) is 19.5 Å². The summed E-state index contributed by atoms with van der Waals surface area (Å²) >= 11 is 1.08. The third kappa shape index (κ3) is 4.70. The fraction of sp³-hybridized carbons (Fsp3) is 0.130. The van der Waals surface area contributed by atoms with Gasteiger partial charge in [0.05, 0.1) is 6.26 Å². The fourth-order valence-corrected chi connectivity index (χ4v) is 3.67. The lowest BCUT2D eigenvalue weighted by Crippen LogP contribution is -2.44. The second-order valence-electron chi connectivity index (χ2n) is 6.93. The summed E-state index contributed by atoms with van der Waals surface area (Å²) in [7, 11) is 0. The molecule has 1 atom stereocenters. The molecule has 156 valence electrons. The van der Waals surface area contributed by atoms with Gasteiger partial charge < -0.3 is 9.73 Å². The first kappa shape index (κ1) is 20.5. The molecule has 8 heteroatoms. The van der Waals surface area contributed by atoms with E-state index in [-0.39, 0.29) is 11.6 Å². The summed E-state index contributed by atoms with van der Waals surface area (Å²) in [6.45, 7) is 2.25. The van der Waals surface area contributed by atoms with E-state index in [2.05, 4.69) is 14.9 Å². The van der Waals surface area contributed by atoms with Gasteiger partial charge in [-0.25, -0.2) is 0 Å². The number of nitrogens with one attached hydrogen (secondary N) is 1. The minimum Gasteiger partial charge on any atom is -0.467 e. The van der Waals surface area contributed by atoms with E-state index in [9.17, 15) is 9.59 Å². The van der Waals surface area contributed by atoms with Gasteiger partial charge in [-0.1, -0.05) is 47.0 Å². The molecule has 7 nitrogen and oxygen atoms in total. The zero-order valence-corrected chi connectivity index (χ0v) is 17.6. The van der Waals surface area contributed by atoms with Gasteiger partial charge in [-0.15, -0.1) is 5.10 Å². The second kappa shape index (κ2) is 9.36. The largest absolute Gasteiger partial charge is 0.467 e. The number of aromatic nitrogens is 2. The molecule has 0 unspecified atom stereocenters. The van der Waals surface area contributed by atoms with Crippen LogP contribution in [0, 0.1) is 6.92 Å². The maximum absolute atomic E-state index is 13.4. The molecule has 0 bridgehead atoms. The van der Waals surface area contributed by atoms with Crippen LogP contribution in [0.4, 0.5) is 5.69 Å². The van der Waals surface area contributed by atoms with Crippen molar-refractivity contribution in [1.29, 1.82) is 0 Å². The van der Waals surface area contributed by atoms with Gasteiger partial charge in [-0.3, -0.25) is 14.5 Å². The van der Waals surface area contributed by atoms with Gasteiger partial charge in [0.25, 0.3) is 11.8 Å². The standard InChI is InChI=1S/C23H20N4O3S/c1-16-7-5-10-18(13-16)27(23(29)19-15-31-26-25-19)21(20-11-6-12-30-20)22(28)24-14-17-8-3-2-4-9-17/h2-13,15,21H,14H2,1H3,(H,24,28)/t21-/m1/s1. The van der Waals surface area contributed by atoms with E-state index in [1.807, 2.05) is 55.5 Å². The molecule has 4 rings (SSSR count). The van der Waals surface area contributed by atoms with Crippen LogP contribution >= 0.6 is 11.5 Å². The highest BCUT2D eigenvalue weighted by atomic mass is 32.1.